The number of carbonyl (C=O) groups is 1. The van der Waals surface area contributed by atoms with E-state index in [1.807, 2.05) is 13.0 Å². The molecule has 1 atom stereocenters. The normalized spacial score (nSPS) is 12.4. The second-order valence-electron chi connectivity index (χ2n) is 6.60. The number of esters is 1. The molecule has 2 rings (SSSR count). The first-order chi connectivity index (χ1) is 11.8. The molecule has 5 heteroatoms. The lowest BCUT2D eigenvalue weighted by atomic mass is 9.98. The fourth-order valence-corrected chi connectivity index (χ4v) is 2.68. The Morgan fingerprint density at radius 3 is 2.60 bits per heavy atom. The third kappa shape index (κ3) is 4.62. The van der Waals surface area contributed by atoms with Crippen molar-refractivity contribution in [3.05, 3.63) is 39.7 Å². The van der Waals surface area contributed by atoms with Gasteiger partial charge < -0.3 is 13.9 Å². The van der Waals surface area contributed by atoms with Crippen molar-refractivity contribution in [3.8, 4) is 5.75 Å². The molecular formula is C20H26O5. The fraction of sp³-hybridized carbons (Fsp3) is 0.500. The van der Waals surface area contributed by atoms with E-state index in [9.17, 15) is 9.59 Å². The van der Waals surface area contributed by atoms with Gasteiger partial charge in [-0.05, 0) is 57.2 Å². The molecule has 0 radical (unpaired) electrons. The van der Waals surface area contributed by atoms with Crippen molar-refractivity contribution >= 4 is 16.9 Å². The Balaban J connectivity index is 2.30. The number of aryl methyl sites for hydroxylation is 1. The summed E-state index contributed by atoms with van der Waals surface area (Å²) in [6, 6.07) is 5.28. The van der Waals surface area contributed by atoms with E-state index in [4.69, 9.17) is 13.9 Å². The van der Waals surface area contributed by atoms with E-state index in [1.54, 1.807) is 26.0 Å². The third-order valence-corrected chi connectivity index (χ3v) is 4.16. The molecule has 5 nitrogen and oxygen atoms in total. The first-order valence-electron chi connectivity index (χ1n) is 8.73. The summed E-state index contributed by atoms with van der Waals surface area (Å²) in [6.45, 7) is 9.88. The van der Waals surface area contributed by atoms with Gasteiger partial charge in [0.2, 0.25) is 0 Å². The van der Waals surface area contributed by atoms with Crippen molar-refractivity contribution in [1.82, 2.24) is 0 Å². The van der Waals surface area contributed by atoms with E-state index in [2.05, 4.69) is 13.8 Å². The zero-order chi connectivity index (χ0) is 18.6. The Morgan fingerprint density at radius 2 is 1.96 bits per heavy atom. The molecule has 136 valence electrons. The molecule has 0 aliphatic rings. The van der Waals surface area contributed by atoms with Crippen molar-refractivity contribution in [1.29, 1.82) is 0 Å². The van der Waals surface area contributed by atoms with Crippen LogP contribution in [0.2, 0.25) is 0 Å². The summed E-state index contributed by atoms with van der Waals surface area (Å²) in [5.74, 6) is 0.560. The van der Waals surface area contributed by atoms with Gasteiger partial charge in [-0.3, -0.25) is 0 Å². The van der Waals surface area contributed by atoms with Crippen molar-refractivity contribution in [2.75, 3.05) is 6.61 Å². The number of hydrogen-bond donors (Lipinski definition) is 0. The minimum Gasteiger partial charge on any atom is -0.479 e. The van der Waals surface area contributed by atoms with Gasteiger partial charge in [-0.2, -0.15) is 0 Å². The van der Waals surface area contributed by atoms with Crippen LogP contribution < -0.4 is 10.4 Å². The molecule has 0 saturated heterocycles. The highest BCUT2D eigenvalue weighted by atomic mass is 16.6. The highest BCUT2D eigenvalue weighted by molar-refractivity contribution is 5.82. The lowest BCUT2D eigenvalue weighted by molar-refractivity contribution is -0.150. The molecule has 0 spiro atoms. The van der Waals surface area contributed by atoms with E-state index in [-0.39, 0.29) is 5.63 Å². The zero-order valence-electron chi connectivity index (χ0n) is 15.5. The number of fused-ring (bicyclic) bond motifs is 1. The van der Waals surface area contributed by atoms with Gasteiger partial charge in [-0.25, -0.2) is 9.59 Å². The molecule has 2 aromatic rings. The minimum absolute atomic E-state index is 0.303. The maximum absolute atomic E-state index is 12.3. The number of rotatable bonds is 7. The second-order valence-corrected chi connectivity index (χ2v) is 6.60. The monoisotopic (exact) mass is 346 g/mol. The Labute approximate surface area is 147 Å². The predicted octanol–water partition coefficient (Wildman–Crippen LogP) is 4.02. The van der Waals surface area contributed by atoms with Crippen molar-refractivity contribution < 1.29 is 18.7 Å². The maximum atomic E-state index is 12.3. The van der Waals surface area contributed by atoms with Gasteiger partial charge in [0.1, 0.15) is 11.3 Å². The SMILES string of the molecule is CCOC(=O)[C@H](C)Oc1ccc2c(C)c(CCC(C)C)c(=O)oc2c1. The Morgan fingerprint density at radius 1 is 1.24 bits per heavy atom. The van der Waals surface area contributed by atoms with Crippen LogP contribution in [0.25, 0.3) is 11.0 Å². The molecule has 25 heavy (non-hydrogen) atoms. The highest BCUT2D eigenvalue weighted by Crippen LogP contribution is 2.25. The molecule has 1 heterocycles. The van der Waals surface area contributed by atoms with Crippen LogP contribution in [0, 0.1) is 12.8 Å². The van der Waals surface area contributed by atoms with Crippen molar-refractivity contribution in [2.45, 2.75) is 53.6 Å². The molecule has 0 N–H and O–H groups in total. The first kappa shape index (κ1) is 19.0. The average Bonchev–Trinajstić information content (AvgIpc) is 2.54. The van der Waals surface area contributed by atoms with E-state index in [0.717, 1.165) is 22.9 Å². The number of hydrogen-bond acceptors (Lipinski definition) is 5. The molecule has 0 unspecified atom stereocenters. The number of carbonyl (C=O) groups excluding carboxylic acids is 1. The smallest absolute Gasteiger partial charge is 0.347 e. The van der Waals surface area contributed by atoms with Gasteiger partial charge >= 0.3 is 11.6 Å². The summed E-state index contributed by atoms with van der Waals surface area (Å²) in [6.07, 6.45) is 0.922. The first-order valence-corrected chi connectivity index (χ1v) is 8.73. The van der Waals surface area contributed by atoms with Crippen LogP contribution in [0.15, 0.2) is 27.4 Å². The molecular weight excluding hydrogens is 320 g/mol. The molecule has 0 fully saturated rings. The standard InChI is InChI=1S/C20H26O5/c1-6-23-19(21)14(5)24-15-8-10-16-13(4)17(9-7-12(2)3)20(22)25-18(16)11-15/h8,10-12,14H,6-7,9H2,1-5H3/t14-/m0/s1. The van der Waals surface area contributed by atoms with Crippen LogP contribution in [0.1, 0.15) is 45.2 Å². The summed E-state index contributed by atoms with van der Waals surface area (Å²) in [5.41, 5.74) is 1.83. The quantitative estimate of drug-likeness (QED) is 0.559. The van der Waals surface area contributed by atoms with Crippen LogP contribution >= 0.6 is 0 Å². The van der Waals surface area contributed by atoms with Crippen molar-refractivity contribution in [3.63, 3.8) is 0 Å². The fourth-order valence-electron chi connectivity index (χ4n) is 2.68. The summed E-state index contributed by atoms with van der Waals surface area (Å²) in [4.78, 5) is 24.0. The third-order valence-electron chi connectivity index (χ3n) is 4.16. The maximum Gasteiger partial charge on any atom is 0.347 e. The van der Waals surface area contributed by atoms with Crippen LogP contribution in [0.5, 0.6) is 5.75 Å². The van der Waals surface area contributed by atoms with Gasteiger partial charge in [-0.15, -0.1) is 0 Å². The van der Waals surface area contributed by atoms with E-state index >= 15 is 0 Å². The molecule has 0 amide bonds. The summed E-state index contributed by atoms with van der Waals surface area (Å²) >= 11 is 0. The lowest BCUT2D eigenvalue weighted by Gasteiger charge is -2.14. The Kier molecular flexibility index (Phi) is 6.23. The van der Waals surface area contributed by atoms with Gasteiger partial charge in [0, 0.05) is 17.0 Å². The van der Waals surface area contributed by atoms with Crippen LogP contribution in [-0.4, -0.2) is 18.7 Å². The van der Waals surface area contributed by atoms with Crippen molar-refractivity contribution in [2.24, 2.45) is 5.92 Å². The summed E-state index contributed by atoms with van der Waals surface area (Å²) in [7, 11) is 0. The largest absolute Gasteiger partial charge is 0.479 e. The number of benzene rings is 1. The molecule has 0 aliphatic carbocycles. The highest BCUT2D eigenvalue weighted by Gasteiger charge is 2.17. The van der Waals surface area contributed by atoms with E-state index in [1.165, 1.54) is 0 Å². The van der Waals surface area contributed by atoms with Gasteiger partial charge in [-0.1, -0.05) is 13.8 Å². The molecule has 0 aliphatic heterocycles. The van der Waals surface area contributed by atoms with Crippen LogP contribution in [0.3, 0.4) is 0 Å². The van der Waals surface area contributed by atoms with E-state index < -0.39 is 12.1 Å². The number of ether oxygens (including phenoxy) is 2. The van der Waals surface area contributed by atoms with E-state index in [0.29, 0.717) is 30.3 Å². The zero-order valence-corrected chi connectivity index (χ0v) is 15.5. The molecule has 0 saturated carbocycles. The van der Waals surface area contributed by atoms with Crippen LogP contribution in [-0.2, 0) is 16.0 Å². The molecule has 0 bridgehead atoms. The second kappa shape index (κ2) is 8.19. The van der Waals surface area contributed by atoms with Gasteiger partial charge in [0.25, 0.3) is 0 Å². The van der Waals surface area contributed by atoms with Crippen LogP contribution in [0.4, 0.5) is 0 Å². The average molecular weight is 346 g/mol. The molecule has 1 aromatic carbocycles. The van der Waals surface area contributed by atoms with Gasteiger partial charge in [0.05, 0.1) is 6.61 Å². The Bertz CT molecular complexity index is 804. The molecule has 1 aromatic heterocycles. The summed E-state index contributed by atoms with van der Waals surface area (Å²) < 4.78 is 16.0. The minimum atomic E-state index is -0.726. The summed E-state index contributed by atoms with van der Waals surface area (Å²) in [5, 5.41) is 0.884. The Hall–Kier alpha value is -2.30. The predicted molar refractivity (Wildman–Crippen MR) is 97.1 cm³/mol. The van der Waals surface area contributed by atoms with Gasteiger partial charge in [0.15, 0.2) is 6.10 Å². The topological polar surface area (TPSA) is 65.7 Å². The lowest BCUT2D eigenvalue weighted by Crippen LogP contribution is -2.26.